The number of carboxylic acid groups (broad SMARTS) is 1. The van der Waals surface area contributed by atoms with Crippen molar-refractivity contribution >= 4 is 23.8 Å². The zero-order chi connectivity index (χ0) is 11.3. The van der Waals surface area contributed by atoms with E-state index in [9.17, 15) is 9.59 Å². The number of ether oxygens (including phenoxy) is 1. The Hall–Kier alpha value is -1.75. The molecular formula is C9H8ClNO4. The van der Waals surface area contributed by atoms with Gasteiger partial charge >= 0.3 is 12.2 Å². The second-order valence-electron chi connectivity index (χ2n) is 2.60. The van der Waals surface area contributed by atoms with E-state index in [1.165, 1.54) is 0 Å². The predicted molar refractivity (Wildman–Crippen MR) is 52.8 cm³/mol. The van der Waals surface area contributed by atoms with Gasteiger partial charge in [0.25, 0.3) is 0 Å². The van der Waals surface area contributed by atoms with E-state index in [1.54, 1.807) is 29.6 Å². The van der Waals surface area contributed by atoms with Crippen LogP contribution in [-0.2, 0) is 11.3 Å². The Morgan fingerprint density at radius 1 is 1.40 bits per heavy atom. The molecule has 2 N–H and O–H groups in total. The first-order valence-electron chi connectivity index (χ1n) is 3.99. The van der Waals surface area contributed by atoms with Crippen LogP contribution in [-0.4, -0.2) is 17.3 Å². The summed E-state index contributed by atoms with van der Waals surface area (Å²) >= 11 is 5.79. The third-order valence-electron chi connectivity index (χ3n) is 1.53. The van der Waals surface area contributed by atoms with Gasteiger partial charge in [0.2, 0.25) is 0 Å². The molecule has 15 heavy (non-hydrogen) atoms. The highest BCUT2D eigenvalue weighted by Crippen LogP contribution is 2.15. The molecule has 0 saturated heterocycles. The first-order valence-corrected chi connectivity index (χ1v) is 4.37. The quantitative estimate of drug-likeness (QED) is 0.816. The number of hydrogen-bond acceptors (Lipinski definition) is 3. The second-order valence-corrected chi connectivity index (χ2v) is 3.00. The van der Waals surface area contributed by atoms with E-state index in [-0.39, 0.29) is 6.61 Å². The highest BCUT2D eigenvalue weighted by molar-refractivity contribution is 6.31. The van der Waals surface area contributed by atoms with Crippen LogP contribution in [0.15, 0.2) is 24.3 Å². The normalized spacial score (nSPS) is 9.40. The molecule has 0 fully saturated rings. The van der Waals surface area contributed by atoms with Gasteiger partial charge in [0.05, 0.1) is 0 Å². The molecule has 80 valence electrons. The van der Waals surface area contributed by atoms with Gasteiger partial charge in [-0.1, -0.05) is 29.8 Å². The Kier molecular flexibility index (Phi) is 3.93. The van der Waals surface area contributed by atoms with Gasteiger partial charge in [-0.25, -0.2) is 14.9 Å². The van der Waals surface area contributed by atoms with Gasteiger partial charge in [-0.2, -0.15) is 0 Å². The molecule has 0 saturated carbocycles. The second kappa shape index (κ2) is 5.21. The summed E-state index contributed by atoms with van der Waals surface area (Å²) in [6.07, 6.45) is -2.48. The van der Waals surface area contributed by atoms with E-state index in [2.05, 4.69) is 4.74 Å². The molecule has 0 aromatic heterocycles. The number of imide groups is 1. The summed E-state index contributed by atoms with van der Waals surface area (Å²) in [7, 11) is 0. The summed E-state index contributed by atoms with van der Waals surface area (Å²) < 4.78 is 4.60. The van der Waals surface area contributed by atoms with E-state index in [1.807, 2.05) is 0 Å². The molecule has 0 bridgehead atoms. The van der Waals surface area contributed by atoms with Gasteiger partial charge < -0.3 is 9.84 Å². The third-order valence-corrected chi connectivity index (χ3v) is 1.89. The van der Waals surface area contributed by atoms with Gasteiger partial charge in [0, 0.05) is 10.6 Å². The Morgan fingerprint density at radius 3 is 2.67 bits per heavy atom. The number of nitrogens with one attached hydrogen (secondary N) is 1. The maximum Gasteiger partial charge on any atom is 0.416 e. The summed E-state index contributed by atoms with van der Waals surface area (Å²) in [4.78, 5) is 20.8. The third kappa shape index (κ3) is 3.86. The Labute approximate surface area is 90.6 Å². The predicted octanol–water partition coefficient (Wildman–Crippen LogP) is 2.24. The van der Waals surface area contributed by atoms with Crippen LogP contribution in [0.25, 0.3) is 0 Å². The number of carbonyl (C=O) groups excluding carboxylic acids is 1. The first-order chi connectivity index (χ1) is 7.09. The van der Waals surface area contributed by atoms with Gasteiger partial charge in [0.15, 0.2) is 0 Å². The highest BCUT2D eigenvalue weighted by Gasteiger charge is 2.07. The fourth-order valence-electron chi connectivity index (χ4n) is 0.882. The summed E-state index contributed by atoms with van der Waals surface area (Å²) in [5.41, 5.74) is 0.611. The van der Waals surface area contributed by atoms with Gasteiger partial charge in [-0.05, 0) is 6.07 Å². The molecule has 6 heteroatoms. The van der Waals surface area contributed by atoms with E-state index >= 15 is 0 Å². The number of carbonyl (C=O) groups is 2. The maximum absolute atomic E-state index is 10.8. The SMILES string of the molecule is O=C(O)NC(=O)OCc1ccccc1Cl. The number of amides is 2. The van der Waals surface area contributed by atoms with Crippen LogP contribution in [0.5, 0.6) is 0 Å². The van der Waals surface area contributed by atoms with E-state index in [0.29, 0.717) is 10.6 Å². The van der Waals surface area contributed by atoms with Crippen molar-refractivity contribution in [1.29, 1.82) is 0 Å². The van der Waals surface area contributed by atoms with Gasteiger partial charge in [-0.3, -0.25) is 0 Å². The largest absolute Gasteiger partial charge is 0.465 e. The van der Waals surface area contributed by atoms with E-state index in [4.69, 9.17) is 16.7 Å². The summed E-state index contributed by atoms with van der Waals surface area (Å²) in [5, 5.41) is 10.2. The van der Waals surface area contributed by atoms with Crippen molar-refractivity contribution in [1.82, 2.24) is 5.32 Å². The summed E-state index contributed by atoms with van der Waals surface area (Å²) in [6, 6.07) is 6.80. The van der Waals surface area contributed by atoms with Crippen molar-refractivity contribution in [3.05, 3.63) is 34.9 Å². The molecule has 2 amide bonds. The Balaban J connectivity index is 2.47. The summed E-state index contributed by atoms with van der Waals surface area (Å²) in [5.74, 6) is 0. The standard InChI is InChI=1S/C9H8ClNO4/c10-7-4-2-1-3-6(7)5-15-9(14)11-8(12)13/h1-4H,5H2,(H,11,14)(H,12,13). The fraction of sp³-hybridized carbons (Fsp3) is 0.111. The lowest BCUT2D eigenvalue weighted by molar-refractivity contribution is 0.134. The van der Waals surface area contributed by atoms with Crippen molar-refractivity contribution in [3.63, 3.8) is 0 Å². The lowest BCUT2D eigenvalue weighted by Crippen LogP contribution is -2.29. The van der Waals surface area contributed by atoms with Crippen LogP contribution in [0.1, 0.15) is 5.56 Å². The maximum atomic E-state index is 10.8. The molecule has 1 rings (SSSR count). The molecule has 0 heterocycles. The minimum atomic E-state index is -1.46. The Bertz CT molecular complexity index is 380. The average molecular weight is 230 g/mol. The zero-order valence-corrected chi connectivity index (χ0v) is 8.32. The molecule has 0 unspecified atom stereocenters. The molecule has 1 aromatic carbocycles. The van der Waals surface area contributed by atoms with Crippen LogP contribution >= 0.6 is 11.6 Å². The van der Waals surface area contributed by atoms with Crippen molar-refractivity contribution in [3.8, 4) is 0 Å². The molecule has 0 aliphatic rings. The number of alkyl carbamates (subject to hydrolysis) is 1. The van der Waals surface area contributed by atoms with Gasteiger partial charge in [0.1, 0.15) is 6.61 Å². The first kappa shape index (κ1) is 11.3. The summed E-state index contributed by atoms with van der Waals surface area (Å²) in [6.45, 7) is -0.0706. The molecule has 5 nitrogen and oxygen atoms in total. The van der Waals surface area contributed by atoms with Gasteiger partial charge in [-0.15, -0.1) is 0 Å². The monoisotopic (exact) mass is 229 g/mol. The zero-order valence-electron chi connectivity index (χ0n) is 7.57. The average Bonchev–Trinajstić information content (AvgIpc) is 2.15. The fourth-order valence-corrected chi connectivity index (χ4v) is 1.07. The van der Waals surface area contributed by atoms with Crippen LogP contribution in [0.3, 0.4) is 0 Å². The Morgan fingerprint density at radius 2 is 2.07 bits per heavy atom. The topological polar surface area (TPSA) is 75.6 Å². The van der Waals surface area contributed by atoms with Crippen LogP contribution < -0.4 is 5.32 Å². The molecule has 0 radical (unpaired) electrons. The number of benzene rings is 1. The number of hydrogen-bond donors (Lipinski definition) is 2. The number of rotatable bonds is 2. The lowest BCUT2D eigenvalue weighted by Gasteiger charge is -2.05. The molecule has 0 aliphatic carbocycles. The van der Waals surface area contributed by atoms with Crippen molar-refractivity contribution in [2.24, 2.45) is 0 Å². The van der Waals surface area contributed by atoms with Crippen molar-refractivity contribution in [2.45, 2.75) is 6.61 Å². The molecular weight excluding hydrogens is 222 g/mol. The smallest absolute Gasteiger partial charge is 0.416 e. The molecule has 1 aromatic rings. The molecule has 0 aliphatic heterocycles. The lowest BCUT2D eigenvalue weighted by atomic mass is 10.2. The van der Waals surface area contributed by atoms with Crippen LogP contribution in [0.4, 0.5) is 9.59 Å². The van der Waals surface area contributed by atoms with Crippen molar-refractivity contribution < 1.29 is 19.4 Å². The molecule has 0 atom stereocenters. The minimum Gasteiger partial charge on any atom is -0.465 e. The van der Waals surface area contributed by atoms with E-state index < -0.39 is 12.2 Å². The number of halogens is 1. The highest BCUT2D eigenvalue weighted by atomic mass is 35.5. The van der Waals surface area contributed by atoms with E-state index in [0.717, 1.165) is 0 Å². The van der Waals surface area contributed by atoms with Crippen LogP contribution in [0.2, 0.25) is 5.02 Å². The minimum absolute atomic E-state index is 0.0706. The molecule has 0 spiro atoms. The van der Waals surface area contributed by atoms with Crippen molar-refractivity contribution in [2.75, 3.05) is 0 Å². The van der Waals surface area contributed by atoms with Crippen LogP contribution in [0, 0.1) is 0 Å².